The SMILES string of the molecule is C[C@@](N)(C#CC(F)(F)F)c1ccccc1. The average molecular weight is 213 g/mol. The van der Waals surface area contributed by atoms with Crippen molar-refractivity contribution in [1.82, 2.24) is 0 Å². The molecule has 1 aromatic carbocycles. The van der Waals surface area contributed by atoms with Gasteiger partial charge < -0.3 is 5.73 Å². The van der Waals surface area contributed by atoms with Crippen molar-refractivity contribution in [3.63, 3.8) is 0 Å². The van der Waals surface area contributed by atoms with Crippen molar-refractivity contribution in [3.05, 3.63) is 35.9 Å². The van der Waals surface area contributed by atoms with Gasteiger partial charge in [-0.15, -0.1) is 0 Å². The molecule has 0 spiro atoms. The fourth-order valence-corrected chi connectivity index (χ4v) is 1.06. The van der Waals surface area contributed by atoms with Crippen LogP contribution in [0.5, 0.6) is 0 Å². The van der Waals surface area contributed by atoms with Gasteiger partial charge in [-0.25, -0.2) is 0 Å². The second kappa shape index (κ2) is 3.95. The highest BCUT2D eigenvalue weighted by molar-refractivity contribution is 5.33. The third-order valence-corrected chi connectivity index (χ3v) is 1.84. The molecule has 0 radical (unpaired) electrons. The molecule has 15 heavy (non-hydrogen) atoms. The summed E-state index contributed by atoms with van der Waals surface area (Å²) in [7, 11) is 0. The molecule has 2 N–H and O–H groups in total. The number of hydrogen-bond donors (Lipinski definition) is 1. The number of alkyl halides is 3. The quantitative estimate of drug-likeness (QED) is 0.712. The summed E-state index contributed by atoms with van der Waals surface area (Å²) in [5.41, 5.74) is 4.95. The molecule has 1 rings (SSSR count). The van der Waals surface area contributed by atoms with Gasteiger partial charge in [-0.3, -0.25) is 0 Å². The standard InChI is InChI=1S/C11H10F3N/c1-10(15,7-8-11(12,13)14)9-5-3-2-4-6-9/h2-6H,15H2,1H3/t10-/m1/s1. The van der Waals surface area contributed by atoms with Gasteiger partial charge in [-0.05, 0) is 12.5 Å². The van der Waals surface area contributed by atoms with Crippen LogP contribution in [-0.2, 0) is 5.54 Å². The van der Waals surface area contributed by atoms with Crippen LogP contribution >= 0.6 is 0 Å². The molecule has 80 valence electrons. The summed E-state index contributed by atoms with van der Waals surface area (Å²) in [5, 5.41) is 0. The molecule has 4 heteroatoms. The van der Waals surface area contributed by atoms with Gasteiger partial charge in [0.1, 0.15) is 5.54 Å². The van der Waals surface area contributed by atoms with Crippen molar-refractivity contribution >= 4 is 0 Å². The van der Waals surface area contributed by atoms with E-state index in [9.17, 15) is 13.2 Å². The number of hydrogen-bond acceptors (Lipinski definition) is 1. The lowest BCUT2D eigenvalue weighted by atomic mass is 9.94. The number of rotatable bonds is 1. The second-order valence-electron chi connectivity index (χ2n) is 3.32. The van der Waals surface area contributed by atoms with E-state index in [1.54, 1.807) is 30.3 Å². The molecule has 0 aromatic heterocycles. The minimum atomic E-state index is -4.50. The minimum Gasteiger partial charge on any atom is -0.312 e. The minimum absolute atomic E-state index is 0.557. The Bertz CT molecular complexity index is 382. The number of halogens is 3. The summed E-state index contributed by atoms with van der Waals surface area (Å²) >= 11 is 0. The van der Waals surface area contributed by atoms with Crippen LogP contribution in [-0.4, -0.2) is 6.18 Å². The maximum absolute atomic E-state index is 11.9. The molecule has 1 nitrogen and oxygen atoms in total. The molecule has 0 saturated carbocycles. The predicted molar refractivity (Wildman–Crippen MR) is 51.8 cm³/mol. The first-order chi connectivity index (χ1) is 6.81. The molecule has 0 amide bonds. The molecule has 0 aliphatic carbocycles. The van der Waals surface area contributed by atoms with Gasteiger partial charge >= 0.3 is 6.18 Å². The van der Waals surface area contributed by atoms with Gasteiger partial charge in [0.05, 0.1) is 0 Å². The maximum Gasteiger partial charge on any atom is 0.457 e. The Balaban J connectivity index is 2.98. The molecule has 0 bridgehead atoms. The Hall–Kier alpha value is -1.47. The lowest BCUT2D eigenvalue weighted by Crippen LogP contribution is -2.31. The lowest BCUT2D eigenvalue weighted by Gasteiger charge is -2.17. The Morgan fingerprint density at radius 1 is 1.07 bits per heavy atom. The van der Waals surface area contributed by atoms with Crippen LogP contribution in [0.4, 0.5) is 13.2 Å². The zero-order valence-corrected chi connectivity index (χ0v) is 8.10. The van der Waals surface area contributed by atoms with Gasteiger partial charge in [-0.1, -0.05) is 36.3 Å². The molecule has 0 aliphatic rings. The zero-order valence-electron chi connectivity index (χ0n) is 8.10. The van der Waals surface area contributed by atoms with Gasteiger partial charge in [0.15, 0.2) is 0 Å². The van der Waals surface area contributed by atoms with E-state index < -0.39 is 11.7 Å². The van der Waals surface area contributed by atoms with Crippen molar-refractivity contribution in [2.24, 2.45) is 5.73 Å². The molecular weight excluding hydrogens is 203 g/mol. The fraction of sp³-hybridized carbons (Fsp3) is 0.273. The van der Waals surface area contributed by atoms with Crippen molar-refractivity contribution in [2.45, 2.75) is 18.6 Å². The zero-order chi connectivity index (χ0) is 11.5. The third kappa shape index (κ3) is 3.64. The van der Waals surface area contributed by atoms with Crippen LogP contribution in [0.3, 0.4) is 0 Å². The van der Waals surface area contributed by atoms with Crippen molar-refractivity contribution in [3.8, 4) is 11.8 Å². The van der Waals surface area contributed by atoms with Crippen LogP contribution in [0.15, 0.2) is 30.3 Å². The fourth-order valence-electron chi connectivity index (χ4n) is 1.06. The van der Waals surface area contributed by atoms with Crippen LogP contribution in [0, 0.1) is 11.8 Å². The summed E-state index contributed by atoms with van der Waals surface area (Å²) in [5.74, 6) is 3.20. The highest BCUT2D eigenvalue weighted by atomic mass is 19.4. The summed E-state index contributed by atoms with van der Waals surface area (Å²) in [6, 6.07) is 8.46. The Kier molecular flexibility index (Phi) is 3.06. The number of benzene rings is 1. The molecule has 1 aromatic rings. The monoisotopic (exact) mass is 213 g/mol. The van der Waals surface area contributed by atoms with Crippen LogP contribution in [0.1, 0.15) is 12.5 Å². The van der Waals surface area contributed by atoms with Crippen LogP contribution in [0.2, 0.25) is 0 Å². The predicted octanol–water partition coefficient (Wildman–Crippen LogP) is 2.43. The van der Waals surface area contributed by atoms with E-state index in [1.165, 1.54) is 12.8 Å². The molecule has 0 aliphatic heterocycles. The second-order valence-corrected chi connectivity index (χ2v) is 3.32. The van der Waals surface area contributed by atoms with E-state index in [-0.39, 0.29) is 0 Å². The Morgan fingerprint density at radius 2 is 1.60 bits per heavy atom. The van der Waals surface area contributed by atoms with E-state index >= 15 is 0 Å². The van der Waals surface area contributed by atoms with Crippen molar-refractivity contribution < 1.29 is 13.2 Å². The molecule has 0 unspecified atom stereocenters. The first-order valence-corrected chi connectivity index (χ1v) is 4.27. The van der Waals surface area contributed by atoms with Crippen molar-refractivity contribution in [1.29, 1.82) is 0 Å². The molecule has 0 fully saturated rings. The smallest absolute Gasteiger partial charge is 0.312 e. The highest BCUT2D eigenvalue weighted by Crippen LogP contribution is 2.18. The van der Waals surface area contributed by atoms with Gasteiger partial charge in [0.25, 0.3) is 0 Å². The van der Waals surface area contributed by atoms with Gasteiger partial charge in [-0.2, -0.15) is 13.2 Å². The largest absolute Gasteiger partial charge is 0.457 e. The summed E-state index contributed by atoms with van der Waals surface area (Å²) in [4.78, 5) is 0. The Morgan fingerprint density at radius 3 is 2.07 bits per heavy atom. The highest BCUT2D eigenvalue weighted by Gasteiger charge is 2.25. The lowest BCUT2D eigenvalue weighted by molar-refractivity contribution is -0.0698. The molecule has 0 heterocycles. The summed E-state index contributed by atoms with van der Waals surface area (Å²) in [6.45, 7) is 1.45. The topological polar surface area (TPSA) is 26.0 Å². The first-order valence-electron chi connectivity index (χ1n) is 4.27. The van der Waals surface area contributed by atoms with E-state index in [4.69, 9.17) is 5.73 Å². The van der Waals surface area contributed by atoms with Gasteiger partial charge in [0.2, 0.25) is 0 Å². The van der Waals surface area contributed by atoms with Gasteiger partial charge in [0, 0.05) is 5.92 Å². The summed E-state index contributed by atoms with van der Waals surface area (Å²) in [6.07, 6.45) is -4.50. The van der Waals surface area contributed by atoms with Crippen LogP contribution < -0.4 is 5.73 Å². The normalized spacial score (nSPS) is 15.0. The third-order valence-electron chi connectivity index (χ3n) is 1.84. The number of nitrogens with two attached hydrogens (primary N) is 1. The van der Waals surface area contributed by atoms with E-state index in [2.05, 4.69) is 0 Å². The average Bonchev–Trinajstić information content (AvgIpc) is 2.16. The van der Waals surface area contributed by atoms with E-state index in [1.807, 2.05) is 5.92 Å². The van der Waals surface area contributed by atoms with Crippen molar-refractivity contribution in [2.75, 3.05) is 0 Å². The van der Waals surface area contributed by atoms with Crippen LogP contribution in [0.25, 0.3) is 0 Å². The molecule has 0 saturated heterocycles. The maximum atomic E-state index is 11.9. The molecule has 1 atom stereocenters. The van der Waals surface area contributed by atoms with E-state index in [0.29, 0.717) is 5.56 Å². The summed E-state index contributed by atoms with van der Waals surface area (Å²) < 4.78 is 35.6. The molecular formula is C11H10F3N. The first kappa shape index (κ1) is 11.6. The Labute approximate surface area is 86.1 Å². The van der Waals surface area contributed by atoms with E-state index in [0.717, 1.165) is 0 Å².